The maximum Gasteiger partial charge on any atom is 0.573 e. The number of hydrogen-bond acceptors (Lipinski definition) is 2. The van der Waals surface area contributed by atoms with Crippen LogP contribution in [0.1, 0.15) is 47.6 Å². The minimum Gasteiger partial charge on any atom is -0.406 e. The van der Waals surface area contributed by atoms with Crippen LogP contribution < -0.4 is 4.74 Å². The largest absolute Gasteiger partial charge is 0.573 e. The van der Waals surface area contributed by atoms with E-state index in [0.717, 1.165) is 18.6 Å². The fraction of sp³-hybridized carbons (Fsp3) is 0.429. The van der Waals surface area contributed by atoms with E-state index in [1.807, 2.05) is 0 Å². The predicted octanol–water partition coefficient (Wildman–Crippen LogP) is 7.35. The zero-order valence-corrected chi connectivity index (χ0v) is 16.4. The van der Waals surface area contributed by atoms with Crippen molar-refractivity contribution in [1.29, 1.82) is 0 Å². The number of hydrogen-bond donors (Lipinski definition) is 0. The second kappa shape index (κ2) is 8.84. The van der Waals surface area contributed by atoms with Gasteiger partial charge in [0.05, 0.1) is 11.1 Å². The van der Waals surface area contributed by atoms with Gasteiger partial charge in [-0.1, -0.05) is 18.6 Å². The maximum absolute atomic E-state index is 13.4. The lowest BCUT2D eigenvalue weighted by Gasteiger charge is -2.36. The van der Waals surface area contributed by atoms with Gasteiger partial charge in [0.25, 0.3) is 0 Å². The second-order valence-corrected chi connectivity index (χ2v) is 7.47. The molecule has 1 aliphatic heterocycles. The predicted molar refractivity (Wildman–Crippen MR) is 96.6 cm³/mol. The summed E-state index contributed by atoms with van der Waals surface area (Å²) in [6, 6.07) is 5.83. The number of alkyl halides is 9. The molecule has 0 aliphatic carbocycles. The molecule has 1 heterocycles. The van der Waals surface area contributed by atoms with Gasteiger partial charge >= 0.3 is 18.7 Å². The van der Waals surface area contributed by atoms with Crippen molar-refractivity contribution in [2.45, 2.75) is 50.6 Å². The van der Waals surface area contributed by atoms with Crippen molar-refractivity contribution in [2.75, 3.05) is 6.54 Å². The summed E-state index contributed by atoms with van der Waals surface area (Å²) in [7, 11) is 0. The fourth-order valence-corrected chi connectivity index (χ4v) is 3.85. The van der Waals surface area contributed by atoms with E-state index in [1.165, 1.54) is 12.1 Å². The highest BCUT2D eigenvalue weighted by Crippen LogP contribution is 2.39. The minimum atomic E-state index is -4.87. The summed E-state index contributed by atoms with van der Waals surface area (Å²) in [6.45, 7) is -0.0523. The van der Waals surface area contributed by atoms with Gasteiger partial charge in [-0.2, -0.15) is 26.3 Å². The van der Waals surface area contributed by atoms with E-state index >= 15 is 0 Å². The van der Waals surface area contributed by atoms with E-state index in [4.69, 9.17) is 0 Å². The summed E-state index contributed by atoms with van der Waals surface area (Å²) in [4.78, 5) is 1.62. The van der Waals surface area contributed by atoms with Crippen LogP contribution in [0.15, 0.2) is 42.5 Å². The Labute approximate surface area is 177 Å². The van der Waals surface area contributed by atoms with Gasteiger partial charge in [0.1, 0.15) is 5.75 Å². The SMILES string of the molecule is FC(F)(F)Oc1ccc([C@H]2CCCCN2Cc2cc(C(F)(F)F)ccc2C(F)(F)F)cc1. The van der Waals surface area contributed by atoms with Crippen molar-refractivity contribution < 1.29 is 44.3 Å². The molecular formula is C21H18F9NO. The number of piperidine rings is 1. The smallest absolute Gasteiger partial charge is 0.406 e. The van der Waals surface area contributed by atoms with Crippen molar-refractivity contribution >= 4 is 0 Å². The van der Waals surface area contributed by atoms with Crippen LogP contribution in [0.25, 0.3) is 0 Å². The first kappa shape index (κ1) is 24.2. The molecule has 1 fully saturated rings. The first-order chi connectivity index (χ1) is 14.7. The van der Waals surface area contributed by atoms with Crippen LogP contribution in [0.2, 0.25) is 0 Å². The van der Waals surface area contributed by atoms with Crippen LogP contribution in [-0.2, 0) is 18.9 Å². The van der Waals surface area contributed by atoms with Gasteiger partial charge in [-0.15, -0.1) is 13.2 Å². The molecule has 0 unspecified atom stereocenters. The summed E-state index contributed by atoms with van der Waals surface area (Å²) in [5.74, 6) is -0.444. The van der Waals surface area contributed by atoms with E-state index in [1.54, 1.807) is 4.90 Å². The standard InChI is InChI=1S/C21H18F9NO/c22-19(23,24)15-6-9-17(20(25,26)27)14(11-15)12-31-10-2-1-3-18(31)13-4-7-16(8-5-13)32-21(28,29)30/h4-9,11,18H,1-3,10,12H2/t18-/m1/s1. The molecule has 0 N–H and O–H groups in total. The summed E-state index contributed by atoms with van der Waals surface area (Å²) < 4.78 is 120. The van der Waals surface area contributed by atoms with Gasteiger partial charge in [0.2, 0.25) is 0 Å². The Morgan fingerprint density at radius 2 is 1.47 bits per heavy atom. The van der Waals surface area contributed by atoms with Gasteiger partial charge in [-0.25, -0.2) is 0 Å². The van der Waals surface area contributed by atoms with Crippen LogP contribution in [0.5, 0.6) is 5.75 Å². The monoisotopic (exact) mass is 471 g/mol. The van der Waals surface area contributed by atoms with E-state index in [2.05, 4.69) is 4.74 Å². The molecule has 0 bridgehead atoms. The lowest BCUT2D eigenvalue weighted by atomic mass is 9.93. The van der Waals surface area contributed by atoms with Gasteiger partial charge in [-0.05, 0) is 60.8 Å². The first-order valence-corrected chi connectivity index (χ1v) is 9.61. The molecule has 0 aromatic heterocycles. The number of likely N-dealkylation sites (tertiary alicyclic amines) is 1. The zero-order chi connectivity index (χ0) is 23.7. The van der Waals surface area contributed by atoms with Crippen LogP contribution >= 0.6 is 0 Å². The second-order valence-electron chi connectivity index (χ2n) is 7.47. The molecule has 0 amide bonds. The molecule has 1 aliphatic rings. The highest BCUT2D eigenvalue weighted by molar-refractivity contribution is 5.36. The van der Waals surface area contributed by atoms with Gasteiger partial charge in [0.15, 0.2) is 0 Å². The van der Waals surface area contributed by atoms with Gasteiger partial charge in [-0.3, -0.25) is 4.90 Å². The molecule has 32 heavy (non-hydrogen) atoms. The average molecular weight is 471 g/mol. The summed E-state index contributed by atoms with van der Waals surface area (Å²) in [5, 5.41) is 0. The highest BCUT2D eigenvalue weighted by atomic mass is 19.4. The Bertz CT molecular complexity index is 917. The Morgan fingerprint density at radius 3 is 2.03 bits per heavy atom. The molecule has 2 nitrogen and oxygen atoms in total. The molecule has 0 saturated carbocycles. The minimum absolute atomic E-state index is 0.332. The molecule has 1 atom stereocenters. The topological polar surface area (TPSA) is 12.5 Å². The number of rotatable bonds is 4. The number of halogens is 9. The lowest BCUT2D eigenvalue weighted by Crippen LogP contribution is -2.33. The normalized spacial score (nSPS) is 18.6. The van der Waals surface area contributed by atoms with Crippen molar-refractivity contribution in [2.24, 2.45) is 0 Å². The lowest BCUT2D eigenvalue weighted by molar-refractivity contribution is -0.274. The van der Waals surface area contributed by atoms with E-state index in [-0.39, 0.29) is 6.54 Å². The molecule has 0 radical (unpaired) electrons. The fourth-order valence-electron chi connectivity index (χ4n) is 3.85. The van der Waals surface area contributed by atoms with Gasteiger partial charge in [0, 0.05) is 12.6 Å². The Kier molecular flexibility index (Phi) is 6.69. The van der Waals surface area contributed by atoms with Crippen molar-refractivity contribution in [3.63, 3.8) is 0 Å². The number of ether oxygens (including phenoxy) is 1. The molecule has 2 aromatic carbocycles. The molecule has 11 heteroatoms. The average Bonchev–Trinajstić information content (AvgIpc) is 2.66. The van der Waals surface area contributed by atoms with Crippen LogP contribution in [0.3, 0.4) is 0 Å². The maximum atomic E-state index is 13.4. The number of benzene rings is 2. The quantitative estimate of drug-likeness (QED) is 0.433. The Morgan fingerprint density at radius 1 is 0.812 bits per heavy atom. The zero-order valence-electron chi connectivity index (χ0n) is 16.4. The molecule has 176 valence electrons. The van der Waals surface area contributed by atoms with Crippen LogP contribution in [0.4, 0.5) is 39.5 Å². The summed E-state index contributed by atoms with van der Waals surface area (Å²) in [6.07, 6.45) is -12.6. The molecule has 0 spiro atoms. The summed E-state index contributed by atoms with van der Waals surface area (Å²) in [5.41, 5.74) is -2.29. The summed E-state index contributed by atoms with van der Waals surface area (Å²) >= 11 is 0. The molecule has 1 saturated heterocycles. The van der Waals surface area contributed by atoms with Crippen molar-refractivity contribution in [3.05, 3.63) is 64.7 Å². The Balaban J connectivity index is 1.90. The third-order valence-corrected chi connectivity index (χ3v) is 5.22. The van der Waals surface area contributed by atoms with Gasteiger partial charge < -0.3 is 4.74 Å². The highest BCUT2D eigenvalue weighted by Gasteiger charge is 2.38. The molecule has 3 rings (SSSR count). The van der Waals surface area contributed by atoms with Crippen molar-refractivity contribution in [1.82, 2.24) is 4.90 Å². The molecule has 2 aromatic rings. The third kappa shape index (κ3) is 6.08. The van der Waals surface area contributed by atoms with E-state index in [0.29, 0.717) is 43.1 Å². The van der Waals surface area contributed by atoms with Crippen molar-refractivity contribution in [3.8, 4) is 5.75 Å². The van der Waals surface area contributed by atoms with Crippen LogP contribution in [0, 0.1) is 0 Å². The van der Waals surface area contributed by atoms with E-state index in [9.17, 15) is 39.5 Å². The van der Waals surface area contributed by atoms with Crippen LogP contribution in [-0.4, -0.2) is 17.8 Å². The Hall–Kier alpha value is -2.43. The molecular weight excluding hydrogens is 453 g/mol. The third-order valence-electron chi connectivity index (χ3n) is 5.22. The first-order valence-electron chi connectivity index (χ1n) is 9.61. The van der Waals surface area contributed by atoms with E-state index < -0.39 is 47.2 Å². The number of nitrogens with zero attached hydrogens (tertiary/aromatic N) is 1.